The van der Waals surface area contributed by atoms with Gasteiger partial charge >= 0.3 is 0 Å². The zero-order valence-electron chi connectivity index (χ0n) is 11.8. The molecule has 0 aromatic carbocycles. The van der Waals surface area contributed by atoms with Gasteiger partial charge in [0, 0.05) is 38.1 Å². The second-order valence-corrected chi connectivity index (χ2v) is 5.51. The van der Waals surface area contributed by atoms with Gasteiger partial charge in [-0.05, 0) is 27.9 Å². The van der Waals surface area contributed by atoms with Crippen LogP contribution in [0, 0.1) is 0 Å². The molecule has 0 amide bonds. The summed E-state index contributed by atoms with van der Waals surface area (Å²) in [6.07, 6.45) is 0.914. The lowest BCUT2D eigenvalue weighted by molar-refractivity contribution is 0.403. The van der Waals surface area contributed by atoms with Gasteiger partial charge in [0.1, 0.15) is 5.82 Å². The molecule has 0 saturated carbocycles. The number of hydrogen-bond acceptors (Lipinski definition) is 5. The van der Waals surface area contributed by atoms with Crippen molar-refractivity contribution in [2.75, 3.05) is 38.6 Å². The number of likely N-dealkylation sites (N-methyl/N-ethyl adjacent to an activating group) is 1. The third-order valence-electron chi connectivity index (χ3n) is 3.16. The Morgan fingerprint density at radius 2 is 1.94 bits per heavy atom. The van der Waals surface area contributed by atoms with Gasteiger partial charge in [0.15, 0.2) is 0 Å². The molecule has 6 heteroatoms. The number of H-pyrrole nitrogens is 1. The molecule has 1 saturated heterocycles. The van der Waals surface area contributed by atoms with Crippen LogP contribution >= 0.6 is 0 Å². The van der Waals surface area contributed by atoms with E-state index in [9.17, 15) is 0 Å². The number of nitrogens with zero attached hydrogens (tertiary/aromatic N) is 4. The van der Waals surface area contributed by atoms with Crippen molar-refractivity contribution in [3.63, 3.8) is 0 Å². The van der Waals surface area contributed by atoms with Crippen LogP contribution in [0.25, 0.3) is 0 Å². The Kier molecular flexibility index (Phi) is 4.19. The van der Waals surface area contributed by atoms with Crippen LogP contribution in [0.15, 0.2) is 0 Å². The topological polar surface area (TPSA) is 60.1 Å². The van der Waals surface area contributed by atoms with Crippen LogP contribution in [-0.4, -0.2) is 65.9 Å². The first-order chi connectivity index (χ1) is 8.54. The Bertz CT molecular complexity index is 364. The zero-order chi connectivity index (χ0) is 13.1. The summed E-state index contributed by atoms with van der Waals surface area (Å²) in [4.78, 5) is 8.98. The molecule has 0 spiro atoms. The van der Waals surface area contributed by atoms with Crippen molar-refractivity contribution in [1.82, 2.24) is 25.4 Å². The molecule has 1 aromatic heterocycles. The van der Waals surface area contributed by atoms with E-state index in [0.29, 0.717) is 12.1 Å². The maximum atomic E-state index is 4.58. The first kappa shape index (κ1) is 13.3. The van der Waals surface area contributed by atoms with Crippen molar-refractivity contribution in [3.05, 3.63) is 5.82 Å². The fourth-order valence-corrected chi connectivity index (χ4v) is 2.36. The predicted octanol–water partition coefficient (Wildman–Crippen LogP) is 0.0954. The van der Waals surface area contributed by atoms with Crippen molar-refractivity contribution in [2.24, 2.45) is 0 Å². The van der Waals surface area contributed by atoms with Gasteiger partial charge in [0.25, 0.3) is 0 Å². The van der Waals surface area contributed by atoms with Gasteiger partial charge in [0.05, 0.1) is 0 Å². The van der Waals surface area contributed by atoms with Gasteiger partial charge in [-0.2, -0.15) is 4.98 Å². The van der Waals surface area contributed by atoms with Crippen molar-refractivity contribution in [3.8, 4) is 0 Å². The molecule has 2 N–H and O–H groups in total. The van der Waals surface area contributed by atoms with Gasteiger partial charge < -0.3 is 15.1 Å². The van der Waals surface area contributed by atoms with Gasteiger partial charge in [0.2, 0.25) is 5.95 Å². The summed E-state index contributed by atoms with van der Waals surface area (Å²) < 4.78 is 0. The summed E-state index contributed by atoms with van der Waals surface area (Å²) in [5, 5.41) is 10.9. The van der Waals surface area contributed by atoms with Crippen LogP contribution < -0.4 is 10.2 Å². The van der Waals surface area contributed by atoms with E-state index in [2.05, 4.69) is 58.2 Å². The van der Waals surface area contributed by atoms with Crippen molar-refractivity contribution in [1.29, 1.82) is 0 Å². The van der Waals surface area contributed by atoms with E-state index in [4.69, 9.17) is 0 Å². The first-order valence-electron chi connectivity index (χ1n) is 6.61. The minimum atomic E-state index is 0.484. The summed E-state index contributed by atoms with van der Waals surface area (Å²) in [5.74, 6) is 1.81. The number of rotatable bonds is 4. The van der Waals surface area contributed by atoms with Gasteiger partial charge in [-0.25, -0.2) is 0 Å². The standard InChI is InChI=1S/C12H24N6/c1-9-7-18(8-10(2)13-9)12-14-11(15-16-12)5-6-17(3)4/h9-10,13H,5-8H2,1-4H3,(H,14,15,16). The van der Waals surface area contributed by atoms with E-state index in [1.54, 1.807) is 0 Å². The molecule has 1 aliphatic rings. The Hall–Kier alpha value is -1.14. The third-order valence-corrected chi connectivity index (χ3v) is 3.16. The van der Waals surface area contributed by atoms with E-state index in [-0.39, 0.29) is 0 Å². The van der Waals surface area contributed by atoms with Crippen molar-refractivity contribution < 1.29 is 0 Å². The Morgan fingerprint density at radius 3 is 2.56 bits per heavy atom. The molecule has 102 valence electrons. The molecule has 2 atom stereocenters. The van der Waals surface area contributed by atoms with Gasteiger partial charge in [-0.1, -0.05) is 0 Å². The highest BCUT2D eigenvalue weighted by Crippen LogP contribution is 2.12. The van der Waals surface area contributed by atoms with Crippen LogP contribution in [0.3, 0.4) is 0 Å². The number of piperazine rings is 1. The average molecular weight is 252 g/mol. The summed E-state index contributed by atoms with van der Waals surface area (Å²) in [6, 6.07) is 0.968. The lowest BCUT2D eigenvalue weighted by Crippen LogP contribution is -2.54. The second kappa shape index (κ2) is 5.67. The number of nitrogens with one attached hydrogen (secondary N) is 2. The van der Waals surface area contributed by atoms with E-state index >= 15 is 0 Å². The molecule has 0 aliphatic carbocycles. The Morgan fingerprint density at radius 1 is 1.28 bits per heavy atom. The Labute approximate surface area is 109 Å². The number of anilines is 1. The molecule has 0 radical (unpaired) electrons. The normalized spacial score (nSPS) is 24.8. The Balaban J connectivity index is 1.96. The quantitative estimate of drug-likeness (QED) is 0.795. The lowest BCUT2D eigenvalue weighted by atomic mass is 10.1. The fourth-order valence-electron chi connectivity index (χ4n) is 2.36. The van der Waals surface area contributed by atoms with Crippen LogP contribution in [0.1, 0.15) is 19.7 Å². The zero-order valence-corrected chi connectivity index (χ0v) is 11.8. The van der Waals surface area contributed by atoms with Crippen molar-refractivity contribution >= 4 is 5.95 Å². The fraction of sp³-hybridized carbons (Fsp3) is 0.833. The van der Waals surface area contributed by atoms with Gasteiger partial charge in [-0.15, -0.1) is 5.10 Å². The summed E-state index contributed by atoms with van der Waals surface area (Å²) in [7, 11) is 4.13. The predicted molar refractivity (Wildman–Crippen MR) is 72.9 cm³/mol. The monoisotopic (exact) mass is 252 g/mol. The molecule has 18 heavy (non-hydrogen) atoms. The highest BCUT2D eigenvalue weighted by molar-refractivity contribution is 5.30. The molecule has 1 fully saturated rings. The maximum Gasteiger partial charge on any atom is 0.244 e. The van der Waals surface area contributed by atoms with Crippen molar-refractivity contribution in [2.45, 2.75) is 32.4 Å². The summed E-state index contributed by atoms with van der Waals surface area (Å²) in [5.41, 5.74) is 0. The number of hydrogen-bond donors (Lipinski definition) is 2. The third kappa shape index (κ3) is 3.43. The highest BCUT2D eigenvalue weighted by atomic mass is 15.4. The van der Waals surface area contributed by atoms with E-state index in [1.807, 2.05) is 0 Å². The van der Waals surface area contributed by atoms with Crippen LogP contribution in [0.5, 0.6) is 0 Å². The molecular weight excluding hydrogens is 228 g/mol. The highest BCUT2D eigenvalue weighted by Gasteiger charge is 2.23. The van der Waals surface area contributed by atoms with Gasteiger partial charge in [-0.3, -0.25) is 5.10 Å². The summed E-state index contributed by atoms with van der Waals surface area (Å²) in [6.45, 7) is 7.32. The molecule has 2 unspecified atom stereocenters. The van der Waals surface area contributed by atoms with E-state index in [1.165, 1.54) is 0 Å². The van der Waals surface area contributed by atoms with E-state index in [0.717, 1.165) is 37.8 Å². The maximum absolute atomic E-state index is 4.58. The molecule has 1 aliphatic heterocycles. The molecule has 2 heterocycles. The molecule has 2 rings (SSSR count). The minimum Gasteiger partial charge on any atom is -0.336 e. The number of aromatic nitrogens is 3. The molecule has 6 nitrogen and oxygen atoms in total. The van der Waals surface area contributed by atoms with E-state index < -0.39 is 0 Å². The molecule has 1 aromatic rings. The average Bonchev–Trinajstić information content (AvgIpc) is 2.73. The van der Waals surface area contributed by atoms with Crippen LogP contribution in [0.2, 0.25) is 0 Å². The number of aromatic amines is 1. The summed E-state index contributed by atoms with van der Waals surface area (Å²) >= 11 is 0. The van der Waals surface area contributed by atoms with Crippen LogP contribution in [0.4, 0.5) is 5.95 Å². The lowest BCUT2D eigenvalue weighted by Gasteiger charge is -2.35. The SMILES string of the molecule is CC1CN(c2n[nH]c(CCN(C)C)n2)CC(C)N1. The molecule has 0 bridgehead atoms. The minimum absolute atomic E-state index is 0.484. The smallest absolute Gasteiger partial charge is 0.244 e. The largest absolute Gasteiger partial charge is 0.336 e. The molecular formula is C12H24N6. The first-order valence-corrected chi connectivity index (χ1v) is 6.61. The van der Waals surface area contributed by atoms with Crippen LogP contribution in [-0.2, 0) is 6.42 Å². The second-order valence-electron chi connectivity index (χ2n) is 5.51.